The van der Waals surface area contributed by atoms with Crippen molar-refractivity contribution in [3.63, 3.8) is 0 Å². The molecule has 0 aliphatic heterocycles. The molecule has 1 rings (SSSR count). The largest absolute Gasteiger partial charge is 0.310 e. The van der Waals surface area contributed by atoms with Crippen molar-refractivity contribution < 1.29 is 0 Å². The Morgan fingerprint density at radius 1 is 1.67 bits per heavy atom. The van der Waals surface area contributed by atoms with Crippen LogP contribution in [0.15, 0.2) is 12.3 Å². The normalized spacial score (nSPS) is 12.3. The van der Waals surface area contributed by atoms with Crippen LogP contribution in [0.2, 0.25) is 0 Å². The standard InChI is InChI=1S/C12H19N3/c1-4-6-8-13-10-12-7-9-15(14-12)11(3)5-2/h1,7,9,11,13H,5-6,8,10H2,2-3H3. The van der Waals surface area contributed by atoms with Gasteiger partial charge in [0.25, 0.3) is 0 Å². The molecule has 1 N–H and O–H groups in total. The monoisotopic (exact) mass is 205 g/mol. The zero-order valence-electron chi connectivity index (χ0n) is 9.53. The van der Waals surface area contributed by atoms with Gasteiger partial charge in [0, 0.05) is 31.7 Å². The van der Waals surface area contributed by atoms with Crippen molar-refractivity contribution in [3.05, 3.63) is 18.0 Å². The van der Waals surface area contributed by atoms with Crippen molar-refractivity contribution in [2.45, 2.75) is 39.3 Å². The summed E-state index contributed by atoms with van der Waals surface area (Å²) < 4.78 is 2.01. The van der Waals surface area contributed by atoms with Gasteiger partial charge in [0.05, 0.1) is 5.69 Å². The quantitative estimate of drug-likeness (QED) is 0.568. The molecular formula is C12H19N3. The number of terminal acetylenes is 1. The first-order valence-corrected chi connectivity index (χ1v) is 5.46. The fourth-order valence-corrected chi connectivity index (χ4v) is 1.28. The van der Waals surface area contributed by atoms with E-state index in [0.717, 1.165) is 31.6 Å². The summed E-state index contributed by atoms with van der Waals surface area (Å²) in [5.41, 5.74) is 1.08. The molecule has 0 aliphatic rings. The Hall–Kier alpha value is -1.27. The molecule has 1 atom stereocenters. The molecule has 82 valence electrons. The average Bonchev–Trinajstić information content (AvgIpc) is 2.72. The Morgan fingerprint density at radius 2 is 2.47 bits per heavy atom. The lowest BCUT2D eigenvalue weighted by Crippen LogP contribution is -2.15. The van der Waals surface area contributed by atoms with Crippen LogP contribution in [0.4, 0.5) is 0 Å². The Morgan fingerprint density at radius 3 is 3.13 bits per heavy atom. The van der Waals surface area contributed by atoms with Gasteiger partial charge in [-0.05, 0) is 19.4 Å². The first kappa shape index (κ1) is 11.8. The lowest BCUT2D eigenvalue weighted by molar-refractivity contribution is 0.471. The van der Waals surface area contributed by atoms with Crippen LogP contribution in [0.5, 0.6) is 0 Å². The topological polar surface area (TPSA) is 29.9 Å². The summed E-state index contributed by atoms with van der Waals surface area (Å²) in [5.74, 6) is 2.60. The van der Waals surface area contributed by atoms with Gasteiger partial charge in [-0.25, -0.2) is 0 Å². The van der Waals surface area contributed by atoms with Crippen molar-refractivity contribution in [2.24, 2.45) is 0 Å². The zero-order valence-corrected chi connectivity index (χ0v) is 9.53. The van der Waals surface area contributed by atoms with Gasteiger partial charge < -0.3 is 5.32 Å². The molecule has 0 saturated carbocycles. The predicted octanol–water partition coefficient (Wildman–Crippen LogP) is 1.97. The fraction of sp³-hybridized carbons (Fsp3) is 0.583. The van der Waals surface area contributed by atoms with Gasteiger partial charge in [0.1, 0.15) is 0 Å². The summed E-state index contributed by atoms with van der Waals surface area (Å²) in [6.07, 6.45) is 9.07. The maximum atomic E-state index is 5.16. The smallest absolute Gasteiger partial charge is 0.0762 e. The summed E-state index contributed by atoms with van der Waals surface area (Å²) >= 11 is 0. The lowest BCUT2D eigenvalue weighted by atomic mass is 10.3. The van der Waals surface area contributed by atoms with Crippen molar-refractivity contribution in [1.82, 2.24) is 15.1 Å². The third kappa shape index (κ3) is 3.77. The third-order valence-corrected chi connectivity index (χ3v) is 2.46. The van der Waals surface area contributed by atoms with Crippen LogP contribution in [0, 0.1) is 12.3 Å². The van der Waals surface area contributed by atoms with Crippen LogP contribution in [0.1, 0.15) is 38.4 Å². The number of hydrogen-bond acceptors (Lipinski definition) is 2. The molecule has 0 radical (unpaired) electrons. The second-order valence-corrected chi connectivity index (χ2v) is 3.68. The van der Waals surface area contributed by atoms with E-state index in [0.29, 0.717) is 6.04 Å². The third-order valence-electron chi connectivity index (χ3n) is 2.46. The molecule has 0 aliphatic carbocycles. The van der Waals surface area contributed by atoms with Crippen LogP contribution >= 0.6 is 0 Å². The van der Waals surface area contributed by atoms with Crippen molar-refractivity contribution >= 4 is 0 Å². The van der Waals surface area contributed by atoms with Crippen LogP contribution in [0.25, 0.3) is 0 Å². The van der Waals surface area contributed by atoms with Crippen LogP contribution < -0.4 is 5.32 Å². The summed E-state index contributed by atoms with van der Waals surface area (Å²) in [4.78, 5) is 0. The molecule has 1 aromatic heterocycles. The first-order chi connectivity index (χ1) is 7.27. The van der Waals surface area contributed by atoms with Crippen molar-refractivity contribution in [2.75, 3.05) is 6.54 Å². The molecule has 0 bridgehead atoms. The maximum Gasteiger partial charge on any atom is 0.0762 e. The summed E-state index contributed by atoms with van der Waals surface area (Å²) in [6.45, 7) is 5.98. The minimum Gasteiger partial charge on any atom is -0.310 e. The number of aromatic nitrogens is 2. The Kier molecular flexibility index (Phi) is 4.92. The lowest BCUT2D eigenvalue weighted by Gasteiger charge is -2.08. The molecule has 0 saturated heterocycles. The van der Waals surface area contributed by atoms with E-state index in [9.17, 15) is 0 Å². The van der Waals surface area contributed by atoms with E-state index < -0.39 is 0 Å². The van der Waals surface area contributed by atoms with E-state index in [-0.39, 0.29) is 0 Å². The highest BCUT2D eigenvalue weighted by Crippen LogP contribution is 2.08. The maximum absolute atomic E-state index is 5.16. The highest BCUT2D eigenvalue weighted by atomic mass is 15.3. The highest BCUT2D eigenvalue weighted by molar-refractivity contribution is 4.99. The van der Waals surface area contributed by atoms with E-state index in [4.69, 9.17) is 6.42 Å². The van der Waals surface area contributed by atoms with E-state index in [1.165, 1.54) is 0 Å². The summed E-state index contributed by atoms with van der Waals surface area (Å²) in [7, 11) is 0. The second kappa shape index (κ2) is 6.26. The van der Waals surface area contributed by atoms with Gasteiger partial charge in [0.2, 0.25) is 0 Å². The molecule has 0 aromatic carbocycles. The molecule has 3 heteroatoms. The van der Waals surface area contributed by atoms with Crippen LogP contribution in [-0.2, 0) is 6.54 Å². The minimum atomic E-state index is 0.476. The molecule has 1 heterocycles. The Labute approximate surface area is 91.9 Å². The summed E-state index contributed by atoms with van der Waals surface area (Å²) in [6, 6.07) is 2.53. The highest BCUT2D eigenvalue weighted by Gasteiger charge is 2.03. The molecular weight excluding hydrogens is 186 g/mol. The first-order valence-electron chi connectivity index (χ1n) is 5.46. The van der Waals surface area contributed by atoms with Gasteiger partial charge in [-0.2, -0.15) is 5.10 Å². The average molecular weight is 205 g/mol. The molecule has 0 amide bonds. The molecule has 1 unspecified atom stereocenters. The number of nitrogens with zero attached hydrogens (tertiary/aromatic N) is 2. The SMILES string of the molecule is C#CCCNCc1ccn(C(C)CC)n1. The molecule has 1 aromatic rings. The summed E-state index contributed by atoms with van der Waals surface area (Å²) in [5, 5.41) is 7.74. The van der Waals surface area contributed by atoms with Crippen molar-refractivity contribution in [3.8, 4) is 12.3 Å². The van der Waals surface area contributed by atoms with Crippen LogP contribution in [-0.4, -0.2) is 16.3 Å². The molecule has 0 spiro atoms. The molecule has 0 fully saturated rings. The van der Waals surface area contributed by atoms with Gasteiger partial charge in [-0.1, -0.05) is 6.92 Å². The van der Waals surface area contributed by atoms with E-state index >= 15 is 0 Å². The molecule has 15 heavy (non-hydrogen) atoms. The van der Waals surface area contributed by atoms with Gasteiger partial charge in [0.15, 0.2) is 0 Å². The second-order valence-electron chi connectivity index (χ2n) is 3.68. The van der Waals surface area contributed by atoms with Gasteiger partial charge in [-0.3, -0.25) is 4.68 Å². The van der Waals surface area contributed by atoms with E-state index in [2.05, 4.69) is 36.2 Å². The van der Waals surface area contributed by atoms with E-state index in [1.54, 1.807) is 0 Å². The van der Waals surface area contributed by atoms with Crippen LogP contribution in [0.3, 0.4) is 0 Å². The number of hydrogen-bond donors (Lipinski definition) is 1. The van der Waals surface area contributed by atoms with Crippen molar-refractivity contribution in [1.29, 1.82) is 0 Å². The van der Waals surface area contributed by atoms with E-state index in [1.807, 2.05) is 10.9 Å². The predicted molar refractivity (Wildman–Crippen MR) is 62.4 cm³/mol. The molecule has 3 nitrogen and oxygen atoms in total. The Balaban J connectivity index is 2.36. The zero-order chi connectivity index (χ0) is 11.1. The van der Waals surface area contributed by atoms with Gasteiger partial charge in [-0.15, -0.1) is 12.3 Å². The fourth-order valence-electron chi connectivity index (χ4n) is 1.28. The van der Waals surface area contributed by atoms with Gasteiger partial charge >= 0.3 is 0 Å². The Bertz CT molecular complexity index is 322. The number of rotatable bonds is 6. The number of nitrogens with one attached hydrogen (secondary N) is 1. The minimum absolute atomic E-state index is 0.476.